The summed E-state index contributed by atoms with van der Waals surface area (Å²) >= 11 is 7.64. The molecule has 8 rings (SSSR count). The average Bonchev–Trinajstić information content (AvgIpc) is 3.54. The molecule has 0 N–H and O–H groups in total. The van der Waals surface area contributed by atoms with E-state index in [0.29, 0.717) is 0 Å². The summed E-state index contributed by atoms with van der Waals surface area (Å²) in [5.74, 6) is 0. The standard InChI is InChI=1S/C30H16BrNS2/c31-23-16-22-18-7-1-4-10-24(18)32(29(22)28-20-9-3-6-12-26(20)34-30(23)28)17-13-14-27-21(15-17)19-8-2-5-11-25(19)33-27/h1-16H. The highest BCUT2D eigenvalue weighted by molar-refractivity contribution is 9.10. The third-order valence-corrected chi connectivity index (χ3v) is 10.1. The zero-order valence-electron chi connectivity index (χ0n) is 17.9. The molecule has 4 heteroatoms. The first-order valence-corrected chi connectivity index (χ1v) is 13.6. The van der Waals surface area contributed by atoms with Crippen LogP contribution in [-0.4, -0.2) is 4.57 Å². The largest absolute Gasteiger partial charge is 0.309 e. The number of fused-ring (bicyclic) bond motifs is 10. The van der Waals surface area contributed by atoms with E-state index in [4.69, 9.17) is 0 Å². The molecule has 0 unspecified atom stereocenters. The number of halogens is 1. The van der Waals surface area contributed by atoms with Crippen molar-refractivity contribution >= 4 is 101 Å². The lowest BCUT2D eigenvalue weighted by Crippen LogP contribution is -1.94. The van der Waals surface area contributed by atoms with Crippen molar-refractivity contribution in [3.63, 3.8) is 0 Å². The van der Waals surface area contributed by atoms with Gasteiger partial charge < -0.3 is 4.57 Å². The number of hydrogen-bond donors (Lipinski definition) is 0. The van der Waals surface area contributed by atoms with Crippen LogP contribution in [0.5, 0.6) is 0 Å². The van der Waals surface area contributed by atoms with Crippen LogP contribution < -0.4 is 0 Å². The molecule has 34 heavy (non-hydrogen) atoms. The SMILES string of the molecule is Brc1cc2c3ccccc3n(-c3ccc4sc5ccccc5c4c3)c2c2c1sc1ccccc12. The summed E-state index contributed by atoms with van der Waals surface area (Å²) in [6.45, 7) is 0. The molecule has 0 aliphatic rings. The molecule has 5 aromatic carbocycles. The fourth-order valence-electron chi connectivity index (χ4n) is 5.42. The lowest BCUT2D eigenvalue weighted by atomic mass is 10.1. The molecule has 1 nitrogen and oxygen atoms in total. The fraction of sp³-hybridized carbons (Fsp3) is 0. The van der Waals surface area contributed by atoms with Crippen molar-refractivity contribution in [1.29, 1.82) is 0 Å². The molecule has 0 spiro atoms. The minimum absolute atomic E-state index is 1.17. The normalized spacial score (nSPS) is 12.3. The molecule has 0 saturated heterocycles. The molecule has 0 aliphatic heterocycles. The van der Waals surface area contributed by atoms with Crippen molar-refractivity contribution in [2.75, 3.05) is 0 Å². The van der Waals surface area contributed by atoms with Crippen LogP contribution in [0.2, 0.25) is 0 Å². The monoisotopic (exact) mass is 533 g/mol. The van der Waals surface area contributed by atoms with Gasteiger partial charge in [-0.2, -0.15) is 0 Å². The van der Waals surface area contributed by atoms with Crippen LogP contribution in [0.4, 0.5) is 0 Å². The van der Waals surface area contributed by atoms with E-state index in [-0.39, 0.29) is 0 Å². The maximum absolute atomic E-state index is 3.90. The number of rotatable bonds is 1. The van der Waals surface area contributed by atoms with Crippen LogP contribution in [0.25, 0.3) is 67.8 Å². The maximum Gasteiger partial charge on any atom is 0.0635 e. The maximum atomic E-state index is 3.90. The molecular formula is C30H16BrNS2. The Morgan fingerprint density at radius 1 is 0.559 bits per heavy atom. The second kappa shape index (κ2) is 6.92. The predicted octanol–water partition coefficient (Wildman–Crippen LogP) is 10.3. The number of thiophene rings is 2. The van der Waals surface area contributed by atoms with Crippen LogP contribution in [0.1, 0.15) is 0 Å². The lowest BCUT2D eigenvalue weighted by molar-refractivity contribution is 1.19. The molecule has 0 saturated carbocycles. The first-order chi connectivity index (χ1) is 16.8. The minimum Gasteiger partial charge on any atom is -0.309 e. The highest BCUT2D eigenvalue weighted by atomic mass is 79.9. The molecule has 8 aromatic rings. The van der Waals surface area contributed by atoms with Crippen LogP contribution >= 0.6 is 38.6 Å². The van der Waals surface area contributed by atoms with E-state index < -0.39 is 0 Å². The van der Waals surface area contributed by atoms with Gasteiger partial charge in [0.05, 0.1) is 15.7 Å². The summed E-state index contributed by atoms with van der Waals surface area (Å²) in [6, 6.07) is 35.6. The second-order valence-corrected chi connectivity index (χ2v) is 11.7. The van der Waals surface area contributed by atoms with Gasteiger partial charge in [0.25, 0.3) is 0 Å². The van der Waals surface area contributed by atoms with Gasteiger partial charge in [0.2, 0.25) is 0 Å². The molecule has 160 valence electrons. The molecule has 3 heterocycles. The number of benzene rings is 5. The summed E-state index contributed by atoms with van der Waals surface area (Å²) in [5.41, 5.74) is 3.74. The van der Waals surface area contributed by atoms with Crippen molar-refractivity contribution in [2.45, 2.75) is 0 Å². The summed E-state index contributed by atoms with van der Waals surface area (Å²) in [7, 11) is 0. The Kier molecular flexibility index (Phi) is 3.90. The molecule has 3 aromatic heterocycles. The Hall–Kier alpha value is -3.18. The highest BCUT2D eigenvalue weighted by Crippen LogP contribution is 2.46. The zero-order valence-corrected chi connectivity index (χ0v) is 21.1. The quantitative estimate of drug-likeness (QED) is 0.197. The molecule has 0 bridgehead atoms. The van der Waals surface area contributed by atoms with Crippen LogP contribution in [0.3, 0.4) is 0 Å². The first-order valence-electron chi connectivity index (χ1n) is 11.2. The van der Waals surface area contributed by atoms with Crippen molar-refractivity contribution < 1.29 is 0 Å². The van der Waals surface area contributed by atoms with Gasteiger partial charge in [0.1, 0.15) is 0 Å². The Labute approximate surface area is 211 Å². The van der Waals surface area contributed by atoms with Crippen LogP contribution in [0, 0.1) is 0 Å². The molecule has 0 atom stereocenters. The van der Waals surface area contributed by atoms with E-state index in [1.165, 1.54) is 72.3 Å². The number of para-hydroxylation sites is 1. The number of aromatic nitrogens is 1. The van der Waals surface area contributed by atoms with Crippen molar-refractivity contribution in [1.82, 2.24) is 4.57 Å². The fourth-order valence-corrected chi connectivity index (χ4v) is 8.29. The zero-order chi connectivity index (χ0) is 22.4. The number of nitrogens with zero attached hydrogens (tertiary/aromatic N) is 1. The third kappa shape index (κ3) is 2.48. The smallest absolute Gasteiger partial charge is 0.0635 e. The van der Waals surface area contributed by atoms with Crippen LogP contribution in [0.15, 0.2) is 102 Å². The molecule has 0 radical (unpaired) electrons. The molecule has 0 aliphatic carbocycles. The average molecular weight is 535 g/mol. The van der Waals surface area contributed by atoms with Gasteiger partial charge in [-0.05, 0) is 58.4 Å². The van der Waals surface area contributed by atoms with E-state index in [0.717, 1.165) is 0 Å². The van der Waals surface area contributed by atoms with E-state index in [1.54, 1.807) is 0 Å². The van der Waals surface area contributed by atoms with Gasteiger partial charge in [-0.25, -0.2) is 0 Å². The predicted molar refractivity (Wildman–Crippen MR) is 154 cm³/mol. The van der Waals surface area contributed by atoms with Gasteiger partial charge in [0.15, 0.2) is 0 Å². The first kappa shape index (κ1) is 19.2. The molecule has 0 amide bonds. The Bertz CT molecular complexity index is 2090. The number of hydrogen-bond acceptors (Lipinski definition) is 2. The van der Waals surface area contributed by atoms with E-state index in [2.05, 4.69) is 118 Å². The Morgan fingerprint density at radius 3 is 2.09 bits per heavy atom. The Balaban J connectivity index is 1.61. The van der Waals surface area contributed by atoms with Crippen molar-refractivity contribution in [3.8, 4) is 5.69 Å². The Morgan fingerprint density at radius 2 is 1.24 bits per heavy atom. The van der Waals surface area contributed by atoms with Gasteiger partial charge in [-0.15, -0.1) is 22.7 Å². The van der Waals surface area contributed by atoms with Gasteiger partial charge >= 0.3 is 0 Å². The van der Waals surface area contributed by atoms with Gasteiger partial charge in [-0.1, -0.05) is 54.6 Å². The molecule has 0 fully saturated rings. The third-order valence-electron chi connectivity index (χ3n) is 6.85. The lowest BCUT2D eigenvalue weighted by Gasteiger charge is -2.10. The van der Waals surface area contributed by atoms with E-state index >= 15 is 0 Å². The summed E-state index contributed by atoms with van der Waals surface area (Å²) in [6.07, 6.45) is 0. The topological polar surface area (TPSA) is 4.93 Å². The van der Waals surface area contributed by atoms with E-state index in [9.17, 15) is 0 Å². The highest BCUT2D eigenvalue weighted by Gasteiger charge is 2.20. The minimum atomic E-state index is 1.17. The van der Waals surface area contributed by atoms with Crippen molar-refractivity contribution in [3.05, 3.63) is 102 Å². The van der Waals surface area contributed by atoms with Crippen LogP contribution in [-0.2, 0) is 0 Å². The summed E-state index contributed by atoms with van der Waals surface area (Å²) in [5, 5.41) is 7.88. The van der Waals surface area contributed by atoms with Gasteiger partial charge in [-0.3, -0.25) is 0 Å². The second-order valence-electron chi connectivity index (χ2n) is 8.69. The summed E-state index contributed by atoms with van der Waals surface area (Å²) in [4.78, 5) is 0. The molecular weight excluding hydrogens is 518 g/mol. The summed E-state index contributed by atoms with van der Waals surface area (Å²) < 4.78 is 8.94. The van der Waals surface area contributed by atoms with E-state index in [1.807, 2.05) is 22.7 Å². The van der Waals surface area contributed by atoms with Crippen molar-refractivity contribution in [2.24, 2.45) is 0 Å². The van der Waals surface area contributed by atoms with Gasteiger partial charge in [0, 0.05) is 56.6 Å².